The zero-order valence-corrected chi connectivity index (χ0v) is 12.8. The Morgan fingerprint density at radius 3 is 2.77 bits per heavy atom. The molecule has 0 bridgehead atoms. The number of hydrogen-bond acceptors (Lipinski definition) is 5. The molecule has 0 saturated carbocycles. The lowest BCUT2D eigenvalue weighted by Crippen LogP contribution is -2.18. The Labute approximate surface area is 132 Å². The van der Waals surface area contributed by atoms with Crippen molar-refractivity contribution in [3.05, 3.63) is 52.8 Å². The van der Waals surface area contributed by atoms with Crippen molar-refractivity contribution in [1.29, 1.82) is 0 Å². The third-order valence-corrected chi connectivity index (χ3v) is 3.11. The molecular formula is C15H14ClN3O3. The number of nitrogens with one attached hydrogen (secondary N) is 1. The summed E-state index contributed by atoms with van der Waals surface area (Å²) in [6.45, 7) is 0. The Kier molecular flexibility index (Phi) is 5.32. The minimum Gasteiger partial charge on any atom is -0.493 e. The summed E-state index contributed by atoms with van der Waals surface area (Å²) in [6, 6.07) is 8.53. The summed E-state index contributed by atoms with van der Waals surface area (Å²) in [6.07, 6.45) is 2.97. The summed E-state index contributed by atoms with van der Waals surface area (Å²) in [4.78, 5) is 15.8. The van der Waals surface area contributed by atoms with Gasteiger partial charge in [0.05, 0.1) is 26.0 Å². The van der Waals surface area contributed by atoms with E-state index in [-0.39, 0.29) is 10.7 Å². The lowest BCUT2D eigenvalue weighted by atomic mass is 10.2. The monoisotopic (exact) mass is 319 g/mol. The lowest BCUT2D eigenvalue weighted by Gasteiger charge is -2.09. The highest BCUT2D eigenvalue weighted by Crippen LogP contribution is 2.29. The van der Waals surface area contributed by atoms with Gasteiger partial charge in [-0.2, -0.15) is 5.10 Å². The van der Waals surface area contributed by atoms with Crippen molar-refractivity contribution in [2.24, 2.45) is 5.10 Å². The van der Waals surface area contributed by atoms with Crippen LogP contribution in [0.15, 0.2) is 41.6 Å². The molecular weight excluding hydrogens is 306 g/mol. The van der Waals surface area contributed by atoms with Gasteiger partial charge in [0.15, 0.2) is 11.5 Å². The first-order chi connectivity index (χ1) is 10.7. The van der Waals surface area contributed by atoms with Gasteiger partial charge in [-0.3, -0.25) is 4.79 Å². The maximum absolute atomic E-state index is 11.9. The molecule has 1 heterocycles. The van der Waals surface area contributed by atoms with Gasteiger partial charge in [-0.05, 0) is 24.3 Å². The van der Waals surface area contributed by atoms with E-state index in [2.05, 4.69) is 15.5 Å². The predicted octanol–water partition coefficient (Wildman–Crippen LogP) is 2.52. The van der Waals surface area contributed by atoms with Crippen molar-refractivity contribution >= 4 is 23.7 Å². The molecule has 0 aliphatic carbocycles. The van der Waals surface area contributed by atoms with Gasteiger partial charge in [-0.15, -0.1) is 0 Å². The molecule has 0 atom stereocenters. The van der Waals surface area contributed by atoms with E-state index >= 15 is 0 Å². The fourth-order valence-electron chi connectivity index (χ4n) is 1.79. The van der Waals surface area contributed by atoms with E-state index in [4.69, 9.17) is 21.1 Å². The van der Waals surface area contributed by atoms with Crippen LogP contribution in [0.3, 0.4) is 0 Å². The topological polar surface area (TPSA) is 72.8 Å². The fourth-order valence-corrected chi connectivity index (χ4v) is 1.99. The van der Waals surface area contributed by atoms with Crippen LogP contribution in [0.4, 0.5) is 0 Å². The van der Waals surface area contributed by atoms with Crippen LogP contribution in [0.2, 0.25) is 5.15 Å². The number of para-hydroxylation sites is 1. The number of nitrogens with zero attached hydrogens (tertiary/aromatic N) is 2. The van der Waals surface area contributed by atoms with Gasteiger partial charge in [-0.1, -0.05) is 17.7 Å². The molecule has 0 aliphatic rings. The van der Waals surface area contributed by atoms with Crippen LogP contribution in [0.25, 0.3) is 0 Å². The molecule has 114 valence electrons. The molecule has 0 radical (unpaired) electrons. The number of carbonyl (C=O) groups is 1. The summed E-state index contributed by atoms with van der Waals surface area (Å²) in [5.74, 6) is 0.659. The molecule has 2 aromatic rings. The number of pyridine rings is 1. The predicted molar refractivity (Wildman–Crippen MR) is 83.9 cm³/mol. The number of benzene rings is 1. The largest absolute Gasteiger partial charge is 0.493 e. The summed E-state index contributed by atoms with van der Waals surface area (Å²) < 4.78 is 10.5. The molecule has 0 saturated heterocycles. The Balaban J connectivity index is 2.13. The minimum atomic E-state index is -0.448. The maximum Gasteiger partial charge on any atom is 0.274 e. The molecule has 22 heavy (non-hydrogen) atoms. The average molecular weight is 320 g/mol. The molecule has 6 nitrogen and oxygen atoms in total. The molecule has 1 aromatic carbocycles. The first-order valence-electron chi connectivity index (χ1n) is 6.32. The number of amides is 1. The number of methoxy groups -OCH3 is 2. The van der Waals surface area contributed by atoms with Crippen molar-refractivity contribution in [3.63, 3.8) is 0 Å². The van der Waals surface area contributed by atoms with Gasteiger partial charge in [0.2, 0.25) is 0 Å². The van der Waals surface area contributed by atoms with Crippen molar-refractivity contribution in [1.82, 2.24) is 10.4 Å². The van der Waals surface area contributed by atoms with Crippen LogP contribution in [0, 0.1) is 0 Å². The first-order valence-corrected chi connectivity index (χ1v) is 6.70. The Morgan fingerprint density at radius 1 is 1.27 bits per heavy atom. The number of carbonyl (C=O) groups excluding carboxylic acids is 1. The number of halogens is 1. The van der Waals surface area contributed by atoms with Crippen molar-refractivity contribution in [2.45, 2.75) is 0 Å². The van der Waals surface area contributed by atoms with Gasteiger partial charge in [-0.25, -0.2) is 10.4 Å². The standard InChI is InChI=1S/C15H14ClN3O3/c1-21-12-7-3-5-10(13(12)22-2)9-18-19-15(20)11-6-4-8-17-14(11)16/h3-9H,1-2H3,(H,19,20)/b18-9+. The van der Waals surface area contributed by atoms with Crippen LogP contribution in [0.5, 0.6) is 11.5 Å². The lowest BCUT2D eigenvalue weighted by molar-refractivity contribution is 0.0955. The highest BCUT2D eigenvalue weighted by atomic mass is 35.5. The van der Waals surface area contributed by atoms with E-state index < -0.39 is 5.91 Å². The molecule has 7 heteroatoms. The second-order valence-corrected chi connectivity index (χ2v) is 4.48. The Hall–Kier alpha value is -2.60. The van der Waals surface area contributed by atoms with Crippen LogP contribution in [-0.2, 0) is 0 Å². The maximum atomic E-state index is 11.9. The van der Waals surface area contributed by atoms with E-state index in [9.17, 15) is 4.79 Å². The van der Waals surface area contributed by atoms with Crippen LogP contribution in [0.1, 0.15) is 15.9 Å². The first kappa shape index (κ1) is 15.8. The number of rotatable bonds is 5. The normalized spacial score (nSPS) is 10.5. The number of hydrogen-bond donors (Lipinski definition) is 1. The van der Waals surface area contributed by atoms with Gasteiger partial charge in [0.25, 0.3) is 5.91 Å². The van der Waals surface area contributed by atoms with E-state index in [1.54, 1.807) is 37.4 Å². The molecule has 0 aliphatic heterocycles. The van der Waals surface area contributed by atoms with Crippen molar-refractivity contribution in [2.75, 3.05) is 14.2 Å². The van der Waals surface area contributed by atoms with E-state index in [1.807, 2.05) is 0 Å². The van der Waals surface area contributed by atoms with Crippen LogP contribution in [-0.4, -0.2) is 31.3 Å². The second kappa shape index (κ2) is 7.42. The van der Waals surface area contributed by atoms with Gasteiger partial charge >= 0.3 is 0 Å². The smallest absolute Gasteiger partial charge is 0.274 e. The number of hydrazone groups is 1. The highest BCUT2D eigenvalue weighted by Gasteiger charge is 2.10. The molecule has 0 unspecified atom stereocenters. The molecule has 1 N–H and O–H groups in total. The third kappa shape index (κ3) is 3.53. The second-order valence-electron chi connectivity index (χ2n) is 4.12. The van der Waals surface area contributed by atoms with E-state index in [1.165, 1.54) is 19.5 Å². The fraction of sp³-hybridized carbons (Fsp3) is 0.133. The Morgan fingerprint density at radius 2 is 2.09 bits per heavy atom. The van der Waals surface area contributed by atoms with Crippen molar-refractivity contribution < 1.29 is 14.3 Å². The summed E-state index contributed by atoms with van der Waals surface area (Å²) in [7, 11) is 3.08. The SMILES string of the molecule is COc1cccc(/C=N/NC(=O)c2cccnc2Cl)c1OC. The molecule has 1 amide bonds. The molecule has 0 spiro atoms. The number of aromatic nitrogens is 1. The van der Waals surface area contributed by atoms with Gasteiger partial charge in [0.1, 0.15) is 5.15 Å². The van der Waals surface area contributed by atoms with Gasteiger partial charge in [0, 0.05) is 11.8 Å². The molecule has 1 aromatic heterocycles. The zero-order valence-electron chi connectivity index (χ0n) is 12.0. The minimum absolute atomic E-state index is 0.120. The summed E-state index contributed by atoms with van der Waals surface area (Å²) >= 11 is 5.84. The van der Waals surface area contributed by atoms with Crippen molar-refractivity contribution in [3.8, 4) is 11.5 Å². The molecule has 0 fully saturated rings. The van der Waals surface area contributed by atoms with E-state index in [0.717, 1.165) is 0 Å². The highest BCUT2D eigenvalue weighted by molar-refractivity contribution is 6.32. The Bertz CT molecular complexity index is 704. The summed E-state index contributed by atoms with van der Waals surface area (Å²) in [5, 5.41) is 4.02. The molecule has 2 rings (SSSR count). The average Bonchev–Trinajstić information content (AvgIpc) is 2.54. The third-order valence-electron chi connectivity index (χ3n) is 2.81. The van der Waals surface area contributed by atoms with E-state index in [0.29, 0.717) is 17.1 Å². The summed E-state index contributed by atoms with van der Waals surface area (Å²) in [5.41, 5.74) is 3.30. The quantitative estimate of drug-likeness (QED) is 0.522. The van der Waals surface area contributed by atoms with Crippen LogP contribution >= 0.6 is 11.6 Å². The zero-order chi connectivity index (χ0) is 15.9. The van der Waals surface area contributed by atoms with Gasteiger partial charge < -0.3 is 9.47 Å². The van der Waals surface area contributed by atoms with Crippen LogP contribution < -0.4 is 14.9 Å². The number of ether oxygens (including phenoxy) is 2.